The minimum absolute atomic E-state index is 0.755. The van der Waals surface area contributed by atoms with Crippen molar-refractivity contribution in [3.05, 3.63) is 28.2 Å². The van der Waals surface area contributed by atoms with Crippen LogP contribution in [0, 0.1) is 0 Å². The van der Waals surface area contributed by atoms with Crippen molar-refractivity contribution in [1.29, 1.82) is 0 Å². The summed E-state index contributed by atoms with van der Waals surface area (Å²) in [6, 6.07) is 5.92. The van der Waals surface area contributed by atoms with E-state index in [1.807, 2.05) is 25.2 Å². The predicted octanol–water partition coefficient (Wildman–Crippen LogP) is 1.96. The average Bonchev–Trinajstić information content (AvgIpc) is 2.91. The number of tetrazole rings is 1. The lowest BCUT2D eigenvalue weighted by Gasteiger charge is -2.07. The van der Waals surface area contributed by atoms with Gasteiger partial charge in [0.1, 0.15) is 5.75 Å². The molecule has 1 aromatic heterocycles. The molecule has 0 amide bonds. The number of methoxy groups -OCH3 is 1. The van der Waals surface area contributed by atoms with Gasteiger partial charge >= 0.3 is 0 Å². The second kappa shape index (κ2) is 7.61. The standard InChI is InChI=1S/C12H16BrN5OS/c1-14-5-6-18-12(15-16-17-18)20-8-9-7-10(19-2)3-4-11(9)13/h3-4,7,14H,5-6,8H2,1-2H3. The molecular weight excluding hydrogens is 342 g/mol. The third kappa shape index (κ3) is 3.94. The minimum atomic E-state index is 0.755. The summed E-state index contributed by atoms with van der Waals surface area (Å²) in [6.07, 6.45) is 0. The van der Waals surface area contributed by atoms with Gasteiger partial charge in [-0.15, -0.1) is 5.10 Å². The summed E-state index contributed by atoms with van der Waals surface area (Å²) in [7, 11) is 3.57. The smallest absolute Gasteiger partial charge is 0.209 e. The van der Waals surface area contributed by atoms with Crippen LogP contribution in [0.5, 0.6) is 5.75 Å². The first kappa shape index (κ1) is 15.3. The van der Waals surface area contributed by atoms with Crippen molar-refractivity contribution in [2.24, 2.45) is 0 Å². The van der Waals surface area contributed by atoms with Crippen molar-refractivity contribution in [2.45, 2.75) is 17.5 Å². The highest BCUT2D eigenvalue weighted by Crippen LogP contribution is 2.28. The van der Waals surface area contributed by atoms with E-state index in [1.165, 1.54) is 0 Å². The maximum absolute atomic E-state index is 5.24. The summed E-state index contributed by atoms with van der Waals surface area (Å²) in [5, 5.41) is 15.6. The molecule has 0 saturated carbocycles. The molecule has 2 rings (SSSR count). The van der Waals surface area contributed by atoms with Gasteiger partial charge in [0.05, 0.1) is 13.7 Å². The Kier molecular flexibility index (Phi) is 5.81. The fraction of sp³-hybridized carbons (Fsp3) is 0.417. The Morgan fingerprint density at radius 2 is 2.30 bits per heavy atom. The second-order valence-corrected chi connectivity index (χ2v) is 5.83. The molecule has 0 radical (unpaired) electrons. The van der Waals surface area contributed by atoms with Gasteiger partial charge in [-0.2, -0.15) is 0 Å². The Morgan fingerprint density at radius 3 is 3.05 bits per heavy atom. The Hall–Kier alpha value is -1.12. The van der Waals surface area contributed by atoms with E-state index in [4.69, 9.17) is 4.74 Å². The molecule has 0 fully saturated rings. The molecule has 8 heteroatoms. The molecule has 20 heavy (non-hydrogen) atoms. The SMILES string of the molecule is CNCCn1nnnc1SCc1cc(OC)ccc1Br. The van der Waals surface area contributed by atoms with Crippen LogP contribution >= 0.6 is 27.7 Å². The maximum atomic E-state index is 5.24. The van der Waals surface area contributed by atoms with Crippen molar-refractivity contribution >= 4 is 27.7 Å². The normalized spacial score (nSPS) is 10.8. The lowest BCUT2D eigenvalue weighted by molar-refractivity contribution is 0.414. The van der Waals surface area contributed by atoms with Gasteiger partial charge in [-0.1, -0.05) is 27.7 Å². The first-order valence-corrected chi connectivity index (χ1v) is 7.88. The topological polar surface area (TPSA) is 64.9 Å². The molecule has 1 N–H and O–H groups in total. The molecule has 0 aliphatic carbocycles. The molecular formula is C12H16BrN5OS. The third-order valence-electron chi connectivity index (χ3n) is 2.68. The number of rotatable bonds is 7. The molecule has 1 heterocycles. The molecule has 1 aromatic carbocycles. The summed E-state index contributed by atoms with van der Waals surface area (Å²) in [5.74, 6) is 1.62. The highest BCUT2D eigenvalue weighted by Gasteiger charge is 2.09. The van der Waals surface area contributed by atoms with Gasteiger partial charge in [-0.3, -0.25) is 0 Å². The first-order chi connectivity index (χ1) is 9.74. The van der Waals surface area contributed by atoms with Gasteiger partial charge in [0.15, 0.2) is 0 Å². The molecule has 0 spiro atoms. The number of nitrogens with zero attached hydrogens (tertiary/aromatic N) is 4. The molecule has 0 atom stereocenters. The molecule has 0 aliphatic heterocycles. The van der Waals surface area contributed by atoms with Crippen molar-refractivity contribution in [1.82, 2.24) is 25.5 Å². The highest BCUT2D eigenvalue weighted by molar-refractivity contribution is 9.10. The van der Waals surface area contributed by atoms with E-state index in [-0.39, 0.29) is 0 Å². The fourth-order valence-corrected chi connectivity index (χ4v) is 3.06. The van der Waals surface area contributed by atoms with E-state index in [1.54, 1.807) is 23.6 Å². The number of likely N-dealkylation sites (N-methyl/N-ethyl adjacent to an activating group) is 1. The minimum Gasteiger partial charge on any atom is -0.497 e. The number of hydrogen-bond donors (Lipinski definition) is 1. The summed E-state index contributed by atoms with van der Waals surface area (Å²) >= 11 is 5.15. The van der Waals surface area contributed by atoms with Crippen LogP contribution in [-0.2, 0) is 12.3 Å². The van der Waals surface area contributed by atoms with Gasteiger partial charge in [0, 0.05) is 16.8 Å². The Morgan fingerprint density at radius 1 is 1.45 bits per heavy atom. The van der Waals surface area contributed by atoms with Gasteiger partial charge < -0.3 is 10.1 Å². The lowest BCUT2D eigenvalue weighted by atomic mass is 10.2. The van der Waals surface area contributed by atoms with Crippen LogP contribution in [0.2, 0.25) is 0 Å². The summed E-state index contributed by atoms with van der Waals surface area (Å²) in [6.45, 7) is 1.59. The number of nitrogens with one attached hydrogen (secondary N) is 1. The molecule has 0 saturated heterocycles. The van der Waals surface area contributed by atoms with E-state index in [0.29, 0.717) is 0 Å². The Balaban J connectivity index is 2.03. The maximum Gasteiger partial charge on any atom is 0.209 e. The van der Waals surface area contributed by atoms with Gasteiger partial charge in [-0.25, -0.2) is 4.68 Å². The number of hydrogen-bond acceptors (Lipinski definition) is 6. The van der Waals surface area contributed by atoms with Crippen LogP contribution in [0.15, 0.2) is 27.8 Å². The Bertz CT molecular complexity index is 563. The zero-order chi connectivity index (χ0) is 14.4. The van der Waals surface area contributed by atoms with Crippen LogP contribution in [-0.4, -0.2) is 40.9 Å². The van der Waals surface area contributed by atoms with Crippen LogP contribution < -0.4 is 10.1 Å². The number of aromatic nitrogens is 4. The van der Waals surface area contributed by atoms with E-state index in [0.717, 1.165) is 39.8 Å². The molecule has 2 aromatic rings. The Labute approximate surface area is 130 Å². The summed E-state index contributed by atoms with van der Waals surface area (Å²) in [5.41, 5.74) is 1.15. The van der Waals surface area contributed by atoms with Crippen LogP contribution in [0.3, 0.4) is 0 Å². The largest absolute Gasteiger partial charge is 0.497 e. The van der Waals surface area contributed by atoms with Gasteiger partial charge in [-0.05, 0) is 41.2 Å². The highest BCUT2D eigenvalue weighted by atomic mass is 79.9. The quantitative estimate of drug-likeness (QED) is 0.764. The third-order valence-corrected chi connectivity index (χ3v) is 4.46. The van der Waals surface area contributed by atoms with Crippen molar-refractivity contribution in [3.63, 3.8) is 0 Å². The van der Waals surface area contributed by atoms with E-state index in [2.05, 4.69) is 36.8 Å². The predicted molar refractivity (Wildman–Crippen MR) is 82.0 cm³/mol. The van der Waals surface area contributed by atoms with Crippen LogP contribution in [0.4, 0.5) is 0 Å². The second-order valence-electron chi connectivity index (χ2n) is 4.03. The average molecular weight is 358 g/mol. The van der Waals surface area contributed by atoms with Crippen molar-refractivity contribution in [2.75, 3.05) is 20.7 Å². The molecule has 108 valence electrons. The van der Waals surface area contributed by atoms with Crippen LogP contribution in [0.25, 0.3) is 0 Å². The van der Waals surface area contributed by atoms with E-state index in [9.17, 15) is 0 Å². The zero-order valence-electron chi connectivity index (χ0n) is 11.3. The van der Waals surface area contributed by atoms with Gasteiger partial charge in [0.25, 0.3) is 0 Å². The van der Waals surface area contributed by atoms with E-state index < -0.39 is 0 Å². The molecule has 6 nitrogen and oxygen atoms in total. The first-order valence-electron chi connectivity index (χ1n) is 6.10. The van der Waals surface area contributed by atoms with Crippen molar-refractivity contribution in [3.8, 4) is 5.75 Å². The van der Waals surface area contributed by atoms with E-state index >= 15 is 0 Å². The summed E-state index contributed by atoms with van der Waals surface area (Å²) < 4.78 is 8.10. The number of thioether (sulfide) groups is 1. The van der Waals surface area contributed by atoms with Gasteiger partial charge in [0.2, 0.25) is 5.16 Å². The summed E-state index contributed by atoms with van der Waals surface area (Å²) in [4.78, 5) is 0. The number of benzene rings is 1. The molecule has 0 bridgehead atoms. The monoisotopic (exact) mass is 357 g/mol. The zero-order valence-corrected chi connectivity index (χ0v) is 13.7. The lowest BCUT2D eigenvalue weighted by Crippen LogP contribution is -2.16. The van der Waals surface area contributed by atoms with Crippen LogP contribution in [0.1, 0.15) is 5.56 Å². The number of halogens is 1. The fourth-order valence-electron chi connectivity index (χ4n) is 1.59. The van der Waals surface area contributed by atoms with Crippen molar-refractivity contribution < 1.29 is 4.74 Å². The molecule has 0 unspecified atom stereocenters. The molecule has 0 aliphatic rings. The number of ether oxygens (including phenoxy) is 1.